The highest BCUT2D eigenvalue weighted by molar-refractivity contribution is 8.01. The standard InChI is InChI=1S/C13H15ClN6S2/c1-19(2)7-4-8-20-12(16-17-18-20)22-13-15-11-9(14)5-3-6-10(11)21-13/h3,5-6H,4,7-8H2,1-2H3. The molecule has 0 amide bonds. The van der Waals surface area contributed by atoms with Gasteiger partial charge in [-0.2, -0.15) is 0 Å². The smallest absolute Gasteiger partial charge is 0.216 e. The van der Waals surface area contributed by atoms with Crippen LogP contribution in [-0.4, -0.2) is 50.7 Å². The molecule has 0 bridgehead atoms. The van der Waals surface area contributed by atoms with Crippen molar-refractivity contribution >= 4 is 44.9 Å². The average Bonchev–Trinajstić information content (AvgIpc) is 3.07. The van der Waals surface area contributed by atoms with Gasteiger partial charge in [0.15, 0.2) is 4.34 Å². The number of thiazole rings is 1. The van der Waals surface area contributed by atoms with Gasteiger partial charge in [0.05, 0.1) is 9.72 Å². The van der Waals surface area contributed by atoms with Crippen LogP contribution in [0.1, 0.15) is 6.42 Å². The van der Waals surface area contributed by atoms with E-state index in [9.17, 15) is 0 Å². The molecule has 0 atom stereocenters. The van der Waals surface area contributed by atoms with Gasteiger partial charge in [0.1, 0.15) is 5.52 Å². The normalized spacial score (nSPS) is 11.6. The van der Waals surface area contributed by atoms with Gasteiger partial charge in [-0.15, -0.1) is 16.4 Å². The zero-order valence-corrected chi connectivity index (χ0v) is 14.6. The molecule has 0 saturated heterocycles. The first-order valence-corrected chi connectivity index (χ1v) is 8.78. The minimum absolute atomic E-state index is 0.672. The van der Waals surface area contributed by atoms with E-state index in [1.807, 2.05) is 22.9 Å². The molecular weight excluding hydrogens is 340 g/mol. The van der Waals surface area contributed by atoms with E-state index >= 15 is 0 Å². The second kappa shape index (κ2) is 6.91. The Bertz CT molecular complexity index is 769. The van der Waals surface area contributed by atoms with Crippen LogP contribution in [0.25, 0.3) is 10.2 Å². The van der Waals surface area contributed by atoms with Crippen molar-refractivity contribution in [1.82, 2.24) is 30.1 Å². The van der Waals surface area contributed by atoms with Crippen LogP contribution in [0.3, 0.4) is 0 Å². The highest BCUT2D eigenvalue weighted by atomic mass is 35.5. The zero-order valence-electron chi connectivity index (χ0n) is 12.2. The predicted octanol–water partition coefficient (Wildman–Crippen LogP) is 3.04. The number of halogens is 1. The molecule has 1 aromatic carbocycles. The van der Waals surface area contributed by atoms with Gasteiger partial charge in [-0.1, -0.05) is 17.7 Å². The monoisotopic (exact) mass is 354 g/mol. The molecule has 0 fully saturated rings. The second-order valence-corrected chi connectivity index (χ2v) is 7.66. The summed E-state index contributed by atoms with van der Waals surface area (Å²) >= 11 is 9.24. The lowest BCUT2D eigenvalue weighted by molar-refractivity contribution is 0.373. The van der Waals surface area contributed by atoms with Crippen molar-refractivity contribution in [3.63, 3.8) is 0 Å². The fourth-order valence-corrected chi connectivity index (χ4v) is 4.22. The van der Waals surface area contributed by atoms with E-state index in [1.165, 1.54) is 11.8 Å². The first-order valence-electron chi connectivity index (χ1n) is 6.77. The van der Waals surface area contributed by atoms with Crippen LogP contribution in [0, 0.1) is 0 Å². The molecule has 0 radical (unpaired) electrons. The third-order valence-electron chi connectivity index (χ3n) is 3.00. The van der Waals surface area contributed by atoms with Crippen LogP contribution in [-0.2, 0) is 6.54 Å². The summed E-state index contributed by atoms with van der Waals surface area (Å²) in [4.78, 5) is 6.71. The van der Waals surface area contributed by atoms with Crippen molar-refractivity contribution in [2.24, 2.45) is 0 Å². The Hall–Kier alpha value is -1.22. The topological polar surface area (TPSA) is 59.7 Å². The van der Waals surface area contributed by atoms with E-state index in [1.54, 1.807) is 11.3 Å². The van der Waals surface area contributed by atoms with Crippen molar-refractivity contribution < 1.29 is 0 Å². The number of hydrogen-bond donors (Lipinski definition) is 0. The molecule has 0 saturated carbocycles. The van der Waals surface area contributed by atoms with Gasteiger partial charge < -0.3 is 4.90 Å². The molecule has 0 aliphatic heterocycles. The maximum Gasteiger partial charge on any atom is 0.216 e. The van der Waals surface area contributed by atoms with Crippen LogP contribution < -0.4 is 0 Å². The molecule has 0 N–H and O–H groups in total. The Balaban J connectivity index is 1.75. The minimum Gasteiger partial charge on any atom is -0.309 e. The molecule has 3 aromatic rings. The quantitative estimate of drug-likeness (QED) is 0.678. The van der Waals surface area contributed by atoms with Crippen LogP contribution in [0.4, 0.5) is 0 Å². The van der Waals surface area contributed by atoms with Crippen LogP contribution in [0.15, 0.2) is 27.7 Å². The second-order valence-electron chi connectivity index (χ2n) is 5.01. The molecule has 0 spiro atoms. The van der Waals surface area contributed by atoms with Gasteiger partial charge in [-0.3, -0.25) is 0 Å². The molecular formula is C13H15ClN6S2. The van der Waals surface area contributed by atoms with Gasteiger partial charge in [0.25, 0.3) is 0 Å². The van der Waals surface area contributed by atoms with Gasteiger partial charge >= 0.3 is 0 Å². The summed E-state index contributed by atoms with van der Waals surface area (Å²) < 4.78 is 3.79. The van der Waals surface area contributed by atoms with E-state index in [0.717, 1.165) is 39.2 Å². The number of fused-ring (bicyclic) bond motifs is 1. The molecule has 116 valence electrons. The van der Waals surface area contributed by atoms with E-state index < -0.39 is 0 Å². The summed E-state index contributed by atoms with van der Waals surface area (Å²) in [6.45, 7) is 1.79. The van der Waals surface area contributed by atoms with Crippen molar-refractivity contribution in [3.05, 3.63) is 23.2 Å². The maximum atomic E-state index is 6.17. The van der Waals surface area contributed by atoms with Crippen molar-refractivity contribution in [1.29, 1.82) is 0 Å². The van der Waals surface area contributed by atoms with E-state index in [-0.39, 0.29) is 0 Å². The van der Waals surface area contributed by atoms with Crippen molar-refractivity contribution in [2.45, 2.75) is 22.5 Å². The van der Waals surface area contributed by atoms with Gasteiger partial charge in [-0.05, 0) is 61.4 Å². The zero-order chi connectivity index (χ0) is 15.5. The Morgan fingerprint density at radius 3 is 3.00 bits per heavy atom. The first kappa shape index (κ1) is 15.7. The summed E-state index contributed by atoms with van der Waals surface area (Å²) in [7, 11) is 4.11. The Kier molecular flexibility index (Phi) is 4.92. The van der Waals surface area contributed by atoms with Crippen LogP contribution in [0.2, 0.25) is 5.02 Å². The molecule has 3 rings (SSSR count). The Morgan fingerprint density at radius 2 is 2.23 bits per heavy atom. The highest BCUT2D eigenvalue weighted by Gasteiger charge is 2.13. The Labute approximate surface area is 141 Å². The Morgan fingerprint density at radius 1 is 1.36 bits per heavy atom. The number of aryl methyl sites for hydroxylation is 1. The average molecular weight is 355 g/mol. The number of hydrogen-bond acceptors (Lipinski definition) is 7. The lowest BCUT2D eigenvalue weighted by atomic mass is 10.3. The maximum absolute atomic E-state index is 6.17. The number of para-hydroxylation sites is 1. The van der Waals surface area contributed by atoms with E-state index in [2.05, 4.69) is 39.5 Å². The fourth-order valence-electron chi connectivity index (χ4n) is 1.96. The molecule has 0 aliphatic carbocycles. The molecule has 9 heteroatoms. The van der Waals surface area contributed by atoms with Crippen molar-refractivity contribution in [2.75, 3.05) is 20.6 Å². The summed E-state index contributed by atoms with van der Waals surface area (Å²) in [5, 5.41) is 13.3. The highest BCUT2D eigenvalue weighted by Crippen LogP contribution is 2.35. The number of tetrazole rings is 1. The predicted molar refractivity (Wildman–Crippen MR) is 89.7 cm³/mol. The SMILES string of the molecule is CN(C)CCCn1nnnc1Sc1nc2c(Cl)cccc2s1. The molecule has 6 nitrogen and oxygen atoms in total. The fraction of sp³-hybridized carbons (Fsp3) is 0.385. The van der Waals surface area contributed by atoms with E-state index in [0.29, 0.717) is 5.02 Å². The van der Waals surface area contributed by atoms with Crippen molar-refractivity contribution in [3.8, 4) is 0 Å². The lowest BCUT2D eigenvalue weighted by Crippen LogP contribution is -2.15. The molecule has 22 heavy (non-hydrogen) atoms. The first-order chi connectivity index (χ1) is 10.6. The number of rotatable bonds is 6. The molecule has 0 unspecified atom stereocenters. The van der Waals surface area contributed by atoms with Gasteiger partial charge in [-0.25, -0.2) is 9.67 Å². The lowest BCUT2D eigenvalue weighted by Gasteiger charge is -2.08. The number of benzene rings is 1. The third-order valence-corrected chi connectivity index (χ3v) is 5.36. The third kappa shape index (κ3) is 3.57. The van der Waals surface area contributed by atoms with Crippen LogP contribution >= 0.6 is 34.7 Å². The largest absolute Gasteiger partial charge is 0.309 e. The summed E-state index contributed by atoms with van der Waals surface area (Å²) in [6, 6.07) is 5.80. The summed E-state index contributed by atoms with van der Waals surface area (Å²) in [5.41, 5.74) is 0.836. The minimum atomic E-state index is 0.672. The number of nitrogens with zero attached hydrogens (tertiary/aromatic N) is 6. The van der Waals surface area contributed by atoms with Gasteiger partial charge in [0, 0.05) is 6.54 Å². The van der Waals surface area contributed by atoms with E-state index in [4.69, 9.17) is 11.6 Å². The molecule has 2 heterocycles. The number of aromatic nitrogens is 5. The summed E-state index contributed by atoms with van der Waals surface area (Å²) in [6.07, 6.45) is 0.997. The summed E-state index contributed by atoms with van der Waals surface area (Å²) in [5.74, 6) is 0. The van der Waals surface area contributed by atoms with Crippen LogP contribution in [0.5, 0.6) is 0 Å². The van der Waals surface area contributed by atoms with Gasteiger partial charge in [0.2, 0.25) is 5.16 Å². The molecule has 2 aromatic heterocycles. The molecule has 0 aliphatic rings.